The van der Waals surface area contributed by atoms with Crippen LogP contribution >= 0.6 is 0 Å². The number of carbonyl (C=O) groups excluding carboxylic acids is 1. The van der Waals surface area contributed by atoms with Crippen LogP contribution in [0.3, 0.4) is 0 Å². The summed E-state index contributed by atoms with van der Waals surface area (Å²) in [5, 5.41) is 18.9. The van der Waals surface area contributed by atoms with E-state index in [-0.39, 0.29) is 17.0 Å². The molecule has 0 N–H and O–H groups in total. The number of azo groups is 1. The van der Waals surface area contributed by atoms with E-state index in [2.05, 4.69) is 23.4 Å². The van der Waals surface area contributed by atoms with E-state index in [1.807, 2.05) is 18.0 Å². The van der Waals surface area contributed by atoms with Gasteiger partial charge >= 0.3 is 5.97 Å². The van der Waals surface area contributed by atoms with E-state index in [4.69, 9.17) is 4.74 Å². The smallest absolute Gasteiger partial charge is 0.338 e. The van der Waals surface area contributed by atoms with Gasteiger partial charge in [-0.1, -0.05) is 12.7 Å². The molecule has 0 aliphatic rings. The van der Waals surface area contributed by atoms with Gasteiger partial charge in [0, 0.05) is 43.1 Å². The van der Waals surface area contributed by atoms with Crippen LogP contribution < -0.4 is 9.64 Å². The maximum atomic E-state index is 12.0. The van der Waals surface area contributed by atoms with Crippen molar-refractivity contribution in [2.24, 2.45) is 10.2 Å². The van der Waals surface area contributed by atoms with Crippen molar-refractivity contribution in [3.05, 3.63) is 77.4 Å². The number of nitro benzene ring substituents is 1. The lowest BCUT2D eigenvalue weighted by Crippen LogP contribution is -2.16. The van der Waals surface area contributed by atoms with Crippen LogP contribution in [0.2, 0.25) is 0 Å². The SMILES string of the molecule is C=CCN(C)c1ccc(N=Nc2ccc([N+](=O)[O-])cc2)c(OC(=O)C(=C)C)c1. The van der Waals surface area contributed by atoms with Crippen molar-refractivity contribution in [2.45, 2.75) is 6.92 Å². The van der Waals surface area contributed by atoms with Crippen LogP contribution in [0.5, 0.6) is 5.75 Å². The third-order valence-electron chi connectivity index (χ3n) is 3.67. The van der Waals surface area contributed by atoms with Crippen molar-refractivity contribution in [1.82, 2.24) is 0 Å². The van der Waals surface area contributed by atoms with Gasteiger partial charge in [0.25, 0.3) is 5.69 Å². The first-order valence-electron chi connectivity index (χ1n) is 8.31. The van der Waals surface area contributed by atoms with Crippen LogP contribution in [-0.2, 0) is 4.79 Å². The van der Waals surface area contributed by atoms with Gasteiger partial charge in [0.2, 0.25) is 0 Å². The van der Waals surface area contributed by atoms with E-state index < -0.39 is 10.9 Å². The lowest BCUT2D eigenvalue weighted by Gasteiger charge is -2.18. The highest BCUT2D eigenvalue weighted by Crippen LogP contribution is 2.34. The molecule has 0 aliphatic heterocycles. The van der Waals surface area contributed by atoms with Gasteiger partial charge in [-0.3, -0.25) is 10.1 Å². The summed E-state index contributed by atoms with van der Waals surface area (Å²) in [5.41, 5.74) is 1.78. The van der Waals surface area contributed by atoms with E-state index in [9.17, 15) is 14.9 Å². The van der Waals surface area contributed by atoms with E-state index >= 15 is 0 Å². The highest BCUT2D eigenvalue weighted by Gasteiger charge is 2.13. The summed E-state index contributed by atoms with van der Waals surface area (Å²) >= 11 is 0. The third kappa shape index (κ3) is 5.34. The first-order chi connectivity index (χ1) is 13.3. The fraction of sp³-hybridized carbons (Fsp3) is 0.150. The Hall–Kier alpha value is -3.81. The number of hydrogen-bond acceptors (Lipinski definition) is 7. The van der Waals surface area contributed by atoms with Crippen LogP contribution in [0.15, 0.2) is 77.5 Å². The predicted molar refractivity (Wildman–Crippen MR) is 108 cm³/mol. The second kappa shape index (κ2) is 9.22. The summed E-state index contributed by atoms with van der Waals surface area (Å²) in [6.45, 7) is 9.44. The van der Waals surface area contributed by atoms with E-state index in [0.29, 0.717) is 17.9 Å². The third-order valence-corrected chi connectivity index (χ3v) is 3.67. The minimum absolute atomic E-state index is 0.0374. The zero-order chi connectivity index (χ0) is 20.7. The van der Waals surface area contributed by atoms with Crippen LogP contribution in [-0.4, -0.2) is 24.5 Å². The molecule has 0 bridgehead atoms. The molecule has 0 fully saturated rings. The maximum absolute atomic E-state index is 12.0. The van der Waals surface area contributed by atoms with Gasteiger partial charge in [0.05, 0.1) is 10.6 Å². The van der Waals surface area contributed by atoms with Crippen LogP contribution in [0.1, 0.15) is 6.92 Å². The van der Waals surface area contributed by atoms with Crippen LogP contribution in [0.25, 0.3) is 0 Å². The molecule has 8 heteroatoms. The average Bonchev–Trinajstić information content (AvgIpc) is 2.67. The Morgan fingerprint density at radius 1 is 1.25 bits per heavy atom. The topological polar surface area (TPSA) is 97.4 Å². The van der Waals surface area contributed by atoms with Crippen molar-refractivity contribution >= 4 is 28.7 Å². The van der Waals surface area contributed by atoms with Crippen molar-refractivity contribution in [3.63, 3.8) is 0 Å². The second-order valence-electron chi connectivity index (χ2n) is 5.96. The lowest BCUT2D eigenvalue weighted by molar-refractivity contribution is -0.384. The van der Waals surface area contributed by atoms with E-state index in [1.54, 1.807) is 25.1 Å². The number of nitrogens with zero attached hydrogens (tertiary/aromatic N) is 4. The summed E-state index contributed by atoms with van der Waals surface area (Å²) in [4.78, 5) is 24.1. The molecule has 0 radical (unpaired) electrons. The normalized spacial score (nSPS) is 10.5. The zero-order valence-corrected chi connectivity index (χ0v) is 15.7. The number of anilines is 1. The standard InChI is InChI=1S/C20H20N4O4/c1-5-12-23(4)17-10-11-18(19(13-17)28-20(25)14(2)3)22-21-15-6-8-16(9-7-15)24(26)27/h5-11,13H,1-2,12H2,3-4H3. The molecule has 144 valence electrons. The fourth-order valence-electron chi connectivity index (χ4n) is 2.14. The molecule has 0 atom stereocenters. The largest absolute Gasteiger partial charge is 0.421 e. The molecule has 0 saturated carbocycles. The summed E-state index contributed by atoms with van der Waals surface area (Å²) in [7, 11) is 1.87. The minimum atomic E-state index is -0.574. The van der Waals surface area contributed by atoms with Gasteiger partial charge in [0.15, 0.2) is 5.75 Å². The second-order valence-corrected chi connectivity index (χ2v) is 5.96. The molecule has 0 spiro atoms. The van der Waals surface area contributed by atoms with Gasteiger partial charge in [-0.15, -0.1) is 11.7 Å². The number of likely N-dealkylation sites (N-methyl/N-ethyl adjacent to an activating group) is 1. The summed E-state index contributed by atoms with van der Waals surface area (Å²) in [5.74, 6) is -0.345. The number of esters is 1. The van der Waals surface area contributed by atoms with Gasteiger partial charge in [-0.25, -0.2) is 4.79 Å². The molecule has 8 nitrogen and oxygen atoms in total. The highest BCUT2D eigenvalue weighted by molar-refractivity contribution is 5.89. The predicted octanol–water partition coefficient (Wildman–Crippen LogP) is 5.11. The lowest BCUT2D eigenvalue weighted by atomic mass is 10.2. The van der Waals surface area contributed by atoms with Gasteiger partial charge in [-0.05, 0) is 31.2 Å². The average molecular weight is 380 g/mol. The number of nitro groups is 1. The Kier molecular flexibility index (Phi) is 6.75. The van der Waals surface area contributed by atoms with Crippen LogP contribution in [0, 0.1) is 10.1 Å². The summed E-state index contributed by atoms with van der Waals surface area (Å²) < 4.78 is 5.38. The van der Waals surface area contributed by atoms with Gasteiger partial charge in [-0.2, -0.15) is 5.11 Å². The van der Waals surface area contributed by atoms with Crippen molar-refractivity contribution in [2.75, 3.05) is 18.5 Å². The Balaban J connectivity index is 2.34. The molecule has 0 aromatic heterocycles. The number of ether oxygens (including phenoxy) is 1. The minimum Gasteiger partial charge on any atom is -0.421 e. The Labute approximate surface area is 162 Å². The van der Waals surface area contributed by atoms with Crippen molar-refractivity contribution < 1.29 is 14.5 Å². The Morgan fingerprint density at radius 3 is 2.50 bits per heavy atom. The maximum Gasteiger partial charge on any atom is 0.338 e. The number of rotatable bonds is 8. The molecular weight excluding hydrogens is 360 g/mol. The summed E-state index contributed by atoms with van der Waals surface area (Å²) in [6, 6.07) is 10.8. The first-order valence-corrected chi connectivity index (χ1v) is 8.31. The summed E-state index contributed by atoms with van der Waals surface area (Å²) in [6.07, 6.45) is 1.75. The zero-order valence-electron chi connectivity index (χ0n) is 15.7. The van der Waals surface area contributed by atoms with Crippen molar-refractivity contribution in [1.29, 1.82) is 0 Å². The number of non-ortho nitro benzene ring substituents is 1. The van der Waals surface area contributed by atoms with E-state index in [1.165, 1.54) is 24.3 Å². The van der Waals surface area contributed by atoms with Gasteiger partial charge in [0.1, 0.15) is 5.69 Å². The molecule has 0 saturated heterocycles. The molecular formula is C20H20N4O4. The van der Waals surface area contributed by atoms with Crippen molar-refractivity contribution in [3.8, 4) is 5.75 Å². The highest BCUT2D eigenvalue weighted by atomic mass is 16.6. The number of hydrogen-bond donors (Lipinski definition) is 0. The number of benzene rings is 2. The molecule has 28 heavy (non-hydrogen) atoms. The van der Waals surface area contributed by atoms with Gasteiger partial charge < -0.3 is 9.64 Å². The number of carbonyl (C=O) groups is 1. The first kappa shape index (κ1) is 20.5. The molecule has 0 heterocycles. The molecule has 2 aromatic carbocycles. The fourth-order valence-corrected chi connectivity index (χ4v) is 2.14. The van der Waals surface area contributed by atoms with Crippen LogP contribution in [0.4, 0.5) is 22.7 Å². The Morgan fingerprint density at radius 2 is 1.93 bits per heavy atom. The molecule has 0 unspecified atom stereocenters. The molecule has 0 aliphatic carbocycles. The Bertz CT molecular complexity index is 936. The molecule has 0 amide bonds. The van der Waals surface area contributed by atoms with E-state index in [0.717, 1.165) is 5.69 Å². The monoisotopic (exact) mass is 380 g/mol. The quantitative estimate of drug-likeness (QED) is 0.120. The molecule has 2 aromatic rings. The molecule has 2 rings (SSSR count).